The van der Waals surface area contributed by atoms with Gasteiger partial charge in [0.15, 0.2) is 5.79 Å². The molecule has 17 heavy (non-hydrogen) atoms. The van der Waals surface area contributed by atoms with Gasteiger partial charge in [0, 0.05) is 9.99 Å². The van der Waals surface area contributed by atoms with Gasteiger partial charge in [-0.25, -0.2) is 0 Å². The van der Waals surface area contributed by atoms with Crippen molar-refractivity contribution < 1.29 is 14.9 Å². The van der Waals surface area contributed by atoms with E-state index in [4.69, 9.17) is 4.74 Å². The van der Waals surface area contributed by atoms with Gasteiger partial charge >= 0.3 is 0 Å². The molecule has 4 heteroatoms. The summed E-state index contributed by atoms with van der Waals surface area (Å²) >= 11 is 2.23. The quantitative estimate of drug-likeness (QED) is 0.634. The van der Waals surface area contributed by atoms with E-state index in [0.29, 0.717) is 6.42 Å². The van der Waals surface area contributed by atoms with Crippen molar-refractivity contribution in [2.24, 2.45) is 0 Å². The number of halogens is 1. The van der Waals surface area contributed by atoms with E-state index in [1.165, 1.54) is 0 Å². The van der Waals surface area contributed by atoms with Crippen molar-refractivity contribution in [3.05, 3.63) is 33.4 Å². The molecule has 0 bridgehead atoms. The summed E-state index contributed by atoms with van der Waals surface area (Å²) in [5, 5.41) is 19.3. The van der Waals surface area contributed by atoms with Crippen molar-refractivity contribution >= 4 is 22.6 Å². The normalized spacial score (nSPS) is 15.6. The molecule has 1 rings (SSSR count). The van der Waals surface area contributed by atoms with Crippen LogP contribution in [0.4, 0.5) is 0 Å². The molecule has 3 nitrogen and oxygen atoms in total. The van der Waals surface area contributed by atoms with E-state index in [9.17, 15) is 10.2 Å². The van der Waals surface area contributed by atoms with E-state index in [0.717, 1.165) is 9.13 Å². The second-order valence-electron chi connectivity index (χ2n) is 4.66. The van der Waals surface area contributed by atoms with E-state index in [1.54, 1.807) is 20.8 Å². The van der Waals surface area contributed by atoms with Gasteiger partial charge in [0.05, 0.1) is 12.2 Å². The van der Waals surface area contributed by atoms with E-state index in [1.807, 2.05) is 24.3 Å². The Kier molecular flexibility index (Phi) is 5.37. The lowest BCUT2D eigenvalue weighted by atomic mass is 10.0. The van der Waals surface area contributed by atoms with Crippen molar-refractivity contribution in [1.29, 1.82) is 0 Å². The highest BCUT2D eigenvalue weighted by Gasteiger charge is 2.24. The Morgan fingerprint density at radius 3 is 2.41 bits per heavy atom. The molecule has 0 fully saturated rings. The third-order valence-corrected chi connectivity index (χ3v) is 3.22. The zero-order valence-corrected chi connectivity index (χ0v) is 12.5. The lowest BCUT2D eigenvalue weighted by Crippen LogP contribution is -2.28. The third kappa shape index (κ3) is 5.33. The molecule has 0 amide bonds. The minimum atomic E-state index is -1.21. The van der Waals surface area contributed by atoms with Crippen LogP contribution in [0, 0.1) is 3.57 Å². The Morgan fingerprint density at radius 1 is 1.35 bits per heavy atom. The lowest BCUT2D eigenvalue weighted by Gasteiger charge is -2.28. The highest BCUT2D eigenvalue weighted by molar-refractivity contribution is 14.1. The second-order valence-corrected chi connectivity index (χ2v) is 5.82. The van der Waals surface area contributed by atoms with Gasteiger partial charge in [0.1, 0.15) is 0 Å². The molecule has 0 radical (unpaired) electrons. The average Bonchev–Trinajstić information content (AvgIpc) is 2.14. The molecule has 0 aromatic heterocycles. The molecule has 0 saturated carbocycles. The summed E-state index contributed by atoms with van der Waals surface area (Å²) in [6.07, 6.45) is -0.314. The molecule has 96 valence electrons. The minimum absolute atomic E-state index is 0.303. The number of rotatable bonds is 5. The maximum atomic E-state index is 9.75. The van der Waals surface area contributed by atoms with Crippen molar-refractivity contribution in [3.63, 3.8) is 0 Å². The summed E-state index contributed by atoms with van der Waals surface area (Å²) in [6, 6.07) is 7.83. The molecular formula is C13H19IO3. The van der Waals surface area contributed by atoms with Gasteiger partial charge in [-0.3, -0.25) is 0 Å². The molecule has 0 aliphatic rings. The highest BCUT2D eigenvalue weighted by Crippen LogP contribution is 2.30. The molecule has 0 aliphatic carbocycles. The molecule has 0 aliphatic heterocycles. The predicted molar refractivity (Wildman–Crippen MR) is 75.6 cm³/mol. The molecule has 2 N–H and O–H groups in total. The first kappa shape index (κ1) is 14.9. The molecule has 0 heterocycles. The fourth-order valence-electron chi connectivity index (χ4n) is 1.63. The van der Waals surface area contributed by atoms with Crippen molar-refractivity contribution in [2.45, 2.75) is 45.2 Å². The van der Waals surface area contributed by atoms with E-state index < -0.39 is 11.9 Å². The zero-order chi connectivity index (χ0) is 13.1. The van der Waals surface area contributed by atoms with Crippen LogP contribution in [0.1, 0.15) is 38.9 Å². The van der Waals surface area contributed by atoms with Crippen LogP contribution in [-0.4, -0.2) is 22.1 Å². The van der Waals surface area contributed by atoms with Crippen LogP contribution < -0.4 is 0 Å². The second kappa shape index (κ2) is 6.13. The Morgan fingerprint density at radius 2 is 1.94 bits per heavy atom. The monoisotopic (exact) mass is 350 g/mol. The summed E-state index contributed by atoms with van der Waals surface area (Å²) in [6.45, 7) is 4.91. The van der Waals surface area contributed by atoms with Gasteiger partial charge < -0.3 is 14.9 Å². The molecule has 1 aromatic rings. The highest BCUT2D eigenvalue weighted by atomic mass is 127. The number of benzene rings is 1. The SMILES string of the molecule is CC(O)C[C@@H](OC(C)(C)O)c1ccccc1I. The third-order valence-electron chi connectivity index (χ3n) is 2.24. The van der Waals surface area contributed by atoms with E-state index >= 15 is 0 Å². The van der Waals surface area contributed by atoms with E-state index in [-0.39, 0.29) is 6.10 Å². The maximum absolute atomic E-state index is 9.75. The summed E-state index contributed by atoms with van der Waals surface area (Å²) in [4.78, 5) is 0. The van der Waals surface area contributed by atoms with Gasteiger partial charge in [-0.15, -0.1) is 0 Å². The number of hydrogen-bond acceptors (Lipinski definition) is 3. The van der Waals surface area contributed by atoms with Crippen LogP contribution in [0.25, 0.3) is 0 Å². The smallest absolute Gasteiger partial charge is 0.160 e. The molecule has 0 spiro atoms. The molecule has 2 atom stereocenters. The standard InChI is InChI=1S/C13H19IO3/c1-9(15)8-12(17-13(2,3)16)10-6-4-5-7-11(10)14/h4-7,9,12,15-16H,8H2,1-3H3/t9?,12-/m1/s1. The Hall–Kier alpha value is -0.170. The summed E-state index contributed by atoms with van der Waals surface area (Å²) in [5.74, 6) is -1.21. The van der Waals surface area contributed by atoms with Crippen molar-refractivity contribution in [2.75, 3.05) is 0 Å². The first-order valence-electron chi connectivity index (χ1n) is 5.62. The van der Waals surface area contributed by atoms with Crippen LogP contribution in [0.2, 0.25) is 0 Å². The number of aliphatic hydroxyl groups is 2. The van der Waals surface area contributed by atoms with Gasteiger partial charge in [-0.2, -0.15) is 0 Å². The van der Waals surface area contributed by atoms with Gasteiger partial charge in [-0.05, 0) is 55.0 Å². The van der Waals surface area contributed by atoms with Crippen molar-refractivity contribution in [1.82, 2.24) is 0 Å². The average molecular weight is 350 g/mol. The minimum Gasteiger partial charge on any atom is -0.393 e. The van der Waals surface area contributed by atoms with Crippen LogP contribution in [-0.2, 0) is 4.74 Å². The first-order valence-corrected chi connectivity index (χ1v) is 6.70. The molecule has 1 aromatic carbocycles. The van der Waals surface area contributed by atoms with E-state index in [2.05, 4.69) is 22.6 Å². The van der Waals surface area contributed by atoms with Gasteiger partial charge in [-0.1, -0.05) is 18.2 Å². The summed E-state index contributed by atoms with van der Waals surface area (Å²) in [5.41, 5.74) is 0.996. The number of ether oxygens (including phenoxy) is 1. The first-order chi connectivity index (χ1) is 7.79. The largest absolute Gasteiger partial charge is 0.393 e. The lowest BCUT2D eigenvalue weighted by molar-refractivity contribution is -0.212. The van der Waals surface area contributed by atoms with Crippen LogP contribution >= 0.6 is 22.6 Å². The summed E-state index contributed by atoms with van der Waals surface area (Å²) < 4.78 is 6.68. The zero-order valence-electron chi connectivity index (χ0n) is 10.4. The Labute approximate surface area is 116 Å². The van der Waals surface area contributed by atoms with Crippen molar-refractivity contribution in [3.8, 4) is 0 Å². The number of hydrogen-bond donors (Lipinski definition) is 2. The molecular weight excluding hydrogens is 331 g/mol. The van der Waals surface area contributed by atoms with Crippen LogP contribution in [0.15, 0.2) is 24.3 Å². The Bertz CT molecular complexity index is 358. The van der Waals surface area contributed by atoms with Gasteiger partial charge in [0.2, 0.25) is 0 Å². The van der Waals surface area contributed by atoms with Gasteiger partial charge in [0.25, 0.3) is 0 Å². The van der Waals surface area contributed by atoms with Crippen LogP contribution in [0.5, 0.6) is 0 Å². The predicted octanol–water partition coefficient (Wildman–Crippen LogP) is 2.85. The van der Waals surface area contributed by atoms with Crippen LogP contribution in [0.3, 0.4) is 0 Å². The maximum Gasteiger partial charge on any atom is 0.160 e. The molecule has 1 unspecified atom stereocenters. The molecule has 0 saturated heterocycles. The fraction of sp³-hybridized carbons (Fsp3) is 0.538. The Balaban J connectivity index is 2.94. The summed E-state index contributed by atoms with van der Waals surface area (Å²) in [7, 11) is 0. The topological polar surface area (TPSA) is 49.7 Å². The fourth-order valence-corrected chi connectivity index (χ4v) is 2.37. The number of aliphatic hydroxyl groups excluding tert-OH is 1.